The van der Waals surface area contributed by atoms with Crippen LogP contribution in [0.5, 0.6) is 0 Å². The van der Waals surface area contributed by atoms with Crippen molar-refractivity contribution in [2.75, 3.05) is 0 Å². The molecular formula is C21H30N2O2S. The zero-order valence-electron chi connectivity index (χ0n) is 16.1. The Labute approximate surface area is 158 Å². The molecule has 0 unspecified atom stereocenters. The van der Waals surface area contributed by atoms with E-state index in [0.717, 1.165) is 24.2 Å². The number of benzene rings is 2. The number of hydrogen-bond donors (Lipinski definition) is 2. The van der Waals surface area contributed by atoms with Crippen molar-refractivity contribution in [2.24, 2.45) is 0 Å². The van der Waals surface area contributed by atoms with Gasteiger partial charge >= 0.3 is 0 Å². The summed E-state index contributed by atoms with van der Waals surface area (Å²) >= 11 is 0. The highest BCUT2D eigenvalue weighted by molar-refractivity contribution is 7.88. The molecule has 2 N–H and O–H groups in total. The zero-order chi connectivity index (χ0) is 19.2. The van der Waals surface area contributed by atoms with Gasteiger partial charge in [0.2, 0.25) is 10.0 Å². The summed E-state index contributed by atoms with van der Waals surface area (Å²) in [5, 5.41) is 3.43. The Morgan fingerprint density at radius 2 is 1.23 bits per heavy atom. The molecular weight excluding hydrogens is 344 g/mol. The van der Waals surface area contributed by atoms with E-state index < -0.39 is 10.0 Å². The van der Waals surface area contributed by atoms with Gasteiger partial charge in [0.15, 0.2) is 0 Å². The van der Waals surface area contributed by atoms with E-state index in [1.165, 1.54) is 11.1 Å². The lowest BCUT2D eigenvalue weighted by Gasteiger charge is -2.10. The summed E-state index contributed by atoms with van der Waals surface area (Å²) in [4.78, 5) is 0. The maximum Gasteiger partial charge on any atom is 0.216 e. The van der Waals surface area contributed by atoms with Gasteiger partial charge in [-0.25, -0.2) is 13.1 Å². The number of rotatable bonds is 9. The predicted octanol–water partition coefficient (Wildman–Crippen LogP) is 3.93. The number of hydrogen-bond acceptors (Lipinski definition) is 3. The highest BCUT2D eigenvalue weighted by atomic mass is 32.2. The van der Waals surface area contributed by atoms with Crippen molar-refractivity contribution < 1.29 is 8.42 Å². The lowest BCUT2D eigenvalue weighted by atomic mass is 10.0. The molecule has 0 aliphatic carbocycles. The van der Waals surface area contributed by atoms with Crippen LogP contribution in [0.2, 0.25) is 0 Å². The molecule has 0 atom stereocenters. The number of nitrogens with one attached hydrogen (secondary N) is 2. The molecule has 0 aromatic heterocycles. The molecule has 2 aromatic carbocycles. The van der Waals surface area contributed by atoms with Crippen LogP contribution in [-0.2, 0) is 28.9 Å². The Balaban J connectivity index is 1.83. The van der Waals surface area contributed by atoms with Crippen molar-refractivity contribution in [1.82, 2.24) is 10.0 Å². The van der Waals surface area contributed by atoms with Gasteiger partial charge in [-0.05, 0) is 42.0 Å². The van der Waals surface area contributed by atoms with Crippen LogP contribution in [0.25, 0.3) is 0 Å². The lowest BCUT2D eigenvalue weighted by Crippen LogP contribution is -2.31. The van der Waals surface area contributed by atoms with Gasteiger partial charge in [0.25, 0.3) is 0 Å². The largest absolute Gasteiger partial charge is 0.309 e. The van der Waals surface area contributed by atoms with Crippen LogP contribution in [0.3, 0.4) is 0 Å². The molecule has 0 bridgehead atoms. The third-order valence-corrected chi connectivity index (χ3v) is 5.64. The molecule has 0 aliphatic heterocycles. The second kappa shape index (κ2) is 9.31. The van der Waals surface area contributed by atoms with Crippen LogP contribution in [0, 0.1) is 0 Å². The van der Waals surface area contributed by atoms with E-state index in [-0.39, 0.29) is 11.8 Å². The van der Waals surface area contributed by atoms with E-state index in [9.17, 15) is 8.42 Å². The molecule has 0 fully saturated rings. The molecule has 0 aliphatic rings. The smallest absolute Gasteiger partial charge is 0.216 e. The molecule has 0 spiro atoms. The molecule has 0 amide bonds. The van der Waals surface area contributed by atoms with Gasteiger partial charge < -0.3 is 5.32 Å². The van der Waals surface area contributed by atoms with Gasteiger partial charge in [-0.15, -0.1) is 0 Å². The van der Waals surface area contributed by atoms with Gasteiger partial charge in [-0.2, -0.15) is 0 Å². The van der Waals surface area contributed by atoms with Crippen LogP contribution in [-0.4, -0.2) is 14.5 Å². The third-order valence-electron chi connectivity index (χ3n) is 4.10. The summed E-state index contributed by atoms with van der Waals surface area (Å²) in [6.07, 6.45) is 0. The van der Waals surface area contributed by atoms with E-state index in [2.05, 4.69) is 48.2 Å². The quantitative estimate of drug-likeness (QED) is 0.699. The summed E-state index contributed by atoms with van der Waals surface area (Å²) in [7, 11) is -3.28. The minimum absolute atomic E-state index is 0.0150. The van der Waals surface area contributed by atoms with Crippen LogP contribution < -0.4 is 10.0 Å². The van der Waals surface area contributed by atoms with Gasteiger partial charge in [0.1, 0.15) is 0 Å². The summed E-state index contributed by atoms with van der Waals surface area (Å²) < 4.78 is 26.5. The van der Waals surface area contributed by atoms with E-state index in [1.54, 1.807) is 0 Å². The Morgan fingerprint density at radius 3 is 1.69 bits per heavy atom. The minimum atomic E-state index is -3.28. The van der Waals surface area contributed by atoms with E-state index in [1.807, 2.05) is 38.1 Å². The predicted molar refractivity (Wildman–Crippen MR) is 108 cm³/mol. The molecule has 4 nitrogen and oxygen atoms in total. The van der Waals surface area contributed by atoms with Crippen molar-refractivity contribution >= 4 is 10.0 Å². The Hall–Kier alpha value is -1.69. The van der Waals surface area contributed by atoms with Crippen molar-refractivity contribution in [3.8, 4) is 0 Å². The normalized spacial score (nSPS) is 12.1. The van der Waals surface area contributed by atoms with Crippen LogP contribution >= 0.6 is 0 Å². The average molecular weight is 375 g/mol. The Morgan fingerprint density at radius 1 is 0.769 bits per heavy atom. The minimum Gasteiger partial charge on any atom is -0.309 e. The van der Waals surface area contributed by atoms with Crippen molar-refractivity contribution in [3.63, 3.8) is 0 Å². The Bertz CT molecular complexity index is 780. The van der Waals surface area contributed by atoms with E-state index in [0.29, 0.717) is 5.92 Å². The summed E-state index contributed by atoms with van der Waals surface area (Å²) in [6, 6.07) is 16.3. The highest BCUT2D eigenvalue weighted by Gasteiger charge is 2.12. The van der Waals surface area contributed by atoms with Crippen molar-refractivity contribution in [3.05, 3.63) is 70.8 Å². The van der Waals surface area contributed by atoms with Crippen LogP contribution in [0.15, 0.2) is 48.5 Å². The topological polar surface area (TPSA) is 58.2 Å². The molecule has 5 heteroatoms. The average Bonchev–Trinajstić information content (AvgIpc) is 2.55. The molecule has 26 heavy (non-hydrogen) atoms. The second-order valence-corrected chi connectivity index (χ2v) is 9.10. The molecule has 2 rings (SSSR count). The van der Waals surface area contributed by atoms with Crippen LogP contribution in [0.4, 0.5) is 0 Å². The summed E-state index contributed by atoms with van der Waals surface area (Å²) in [6.45, 7) is 9.60. The summed E-state index contributed by atoms with van der Waals surface area (Å²) in [5.41, 5.74) is 4.55. The molecule has 0 saturated carbocycles. The monoisotopic (exact) mass is 374 g/mol. The fourth-order valence-corrected chi connectivity index (χ4v) is 4.18. The fraction of sp³-hybridized carbons (Fsp3) is 0.429. The first kappa shape index (κ1) is 20.6. The standard InChI is InChI=1S/C21H30N2O2S/c1-16(2)21-11-9-19(10-12-21)14-22-13-18-5-7-20(8-6-18)15-26(24,25)23-17(3)4/h5-12,16-17,22-23H,13-15H2,1-4H3. The fourth-order valence-electron chi connectivity index (χ4n) is 2.75. The van der Waals surface area contributed by atoms with Gasteiger partial charge in [0.05, 0.1) is 5.75 Å². The molecule has 2 aromatic rings. The first-order valence-corrected chi connectivity index (χ1v) is 10.8. The third kappa shape index (κ3) is 6.90. The SMILES string of the molecule is CC(C)NS(=O)(=O)Cc1ccc(CNCc2ccc(C(C)C)cc2)cc1. The molecule has 0 radical (unpaired) electrons. The summed E-state index contributed by atoms with van der Waals surface area (Å²) in [5.74, 6) is 0.566. The van der Waals surface area contributed by atoms with E-state index in [4.69, 9.17) is 0 Å². The second-order valence-electron chi connectivity index (χ2n) is 7.35. The van der Waals surface area contributed by atoms with Gasteiger partial charge in [0, 0.05) is 19.1 Å². The zero-order valence-corrected chi connectivity index (χ0v) is 16.9. The van der Waals surface area contributed by atoms with Crippen molar-refractivity contribution in [1.29, 1.82) is 0 Å². The van der Waals surface area contributed by atoms with Crippen LogP contribution in [0.1, 0.15) is 55.9 Å². The maximum absolute atomic E-state index is 12.0. The number of sulfonamides is 1. The first-order valence-electron chi connectivity index (χ1n) is 9.12. The Kier molecular flexibility index (Phi) is 7.38. The first-order chi connectivity index (χ1) is 12.2. The van der Waals surface area contributed by atoms with Crippen molar-refractivity contribution in [2.45, 2.75) is 58.5 Å². The van der Waals surface area contributed by atoms with Gasteiger partial charge in [-0.1, -0.05) is 62.4 Å². The van der Waals surface area contributed by atoms with Gasteiger partial charge in [-0.3, -0.25) is 0 Å². The van der Waals surface area contributed by atoms with E-state index >= 15 is 0 Å². The molecule has 142 valence electrons. The molecule has 0 heterocycles. The maximum atomic E-state index is 12.0. The highest BCUT2D eigenvalue weighted by Crippen LogP contribution is 2.15. The molecule has 0 saturated heterocycles. The lowest BCUT2D eigenvalue weighted by molar-refractivity contribution is 0.569.